The van der Waals surface area contributed by atoms with Crippen molar-refractivity contribution in [3.8, 4) is 0 Å². The Morgan fingerprint density at radius 1 is 0.867 bits per heavy atom. The molecule has 0 aromatic carbocycles. The van der Waals surface area contributed by atoms with E-state index < -0.39 is 0 Å². The van der Waals surface area contributed by atoms with Gasteiger partial charge in [-0.15, -0.1) is 0 Å². The zero-order chi connectivity index (χ0) is 21.1. The number of amides is 2. The number of nitrogens with zero attached hydrogens (tertiary/aromatic N) is 1. The minimum absolute atomic E-state index is 0.135. The van der Waals surface area contributed by atoms with Crippen LogP contribution in [0.15, 0.2) is 0 Å². The maximum Gasteiger partial charge on any atom is 0.234 e. The number of piperidine rings is 1. The Hall–Kier alpha value is -1.10. The Morgan fingerprint density at radius 2 is 1.40 bits per heavy atom. The topological polar surface area (TPSA) is 61.4 Å². The first-order chi connectivity index (χ1) is 14.2. The van der Waals surface area contributed by atoms with E-state index in [1.807, 2.05) is 20.8 Å². The van der Waals surface area contributed by atoms with E-state index in [0.29, 0.717) is 36.9 Å². The van der Waals surface area contributed by atoms with Gasteiger partial charge in [-0.25, -0.2) is 0 Å². The van der Waals surface area contributed by atoms with E-state index in [4.69, 9.17) is 0 Å². The van der Waals surface area contributed by atoms with Crippen LogP contribution in [0.1, 0.15) is 91.4 Å². The van der Waals surface area contributed by atoms with Gasteiger partial charge in [0.05, 0.1) is 6.54 Å². The van der Waals surface area contributed by atoms with Gasteiger partial charge in [-0.05, 0) is 109 Å². The molecule has 168 valence electrons. The summed E-state index contributed by atoms with van der Waals surface area (Å²) in [5.74, 6) is 3.54. The van der Waals surface area contributed by atoms with Gasteiger partial charge in [-0.1, -0.05) is 0 Å². The summed E-state index contributed by atoms with van der Waals surface area (Å²) in [4.78, 5) is 27.9. The van der Waals surface area contributed by atoms with Gasteiger partial charge in [-0.3, -0.25) is 14.5 Å². The molecule has 0 spiro atoms. The van der Waals surface area contributed by atoms with Crippen LogP contribution in [0.3, 0.4) is 0 Å². The Balaban J connectivity index is 1.14. The molecule has 6 bridgehead atoms. The molecule has 30 heavy (non-hydrogen) atoms. The molecule has 5 heteroatoms. The number of rotatable bonds is 5. The predicted octanol–water partition coefficient (Wildman–Crippen LogP) is 3.62. The number of carbonyl (C=O) groups excluding carboxylic acids is 2. The summed E-state index contributed by atoms with van der Waals surface area (Å²) < 4.78 is 0. The van der Waals surface area contributed by atoms with Gasteiger partial charge in [0, 0.05) is 29.6 Å². The van der Waals surface area contributed by atoms with Gasteiger partial charge in [-0.2, -0.15) is 0 Å². The summed E-state index contributed by atoms with van der Waals surface area (Å²) >= 11 is 0. The number of carbonyl (C=O) groups is 2. The quantitative estimate of drug-likeness (QED) is 0.721. The lowest BCUT2D eigenvalue weighted by atomic mass is 9.53. The van der Waals surface area contributed by atoms with Crippen molar-refractivity contribution in [2.45, 2.75) is 115 Å². The third-order valence-electron chi connectivity index (χ3n) is 8.74. The number of hydrogen-bond donors (Lipinski definition) is 2. The monoisotopic (exact) mass is 415 g/mol. The summed E-state index contributed by atoms with van der Waals surface area (Å²) in [6, 6.07) is 0.957. The van der Waals surface area contributed by atoms with Crippen LogP contribution in [0.25, 0.3) is 0 Å². The van der Waals surface area contributed by atoms with E-state index in [9.17, 15) is 9.59 Å². The van der Waals surface area contributed by atoms with Crippen molar-refractivity contribution in [2.24, 2.45) is 23.7 Å². The molecule has 2 N–H and O–H groups in total. The molecule has 0 aromatic rings. The first kappa shape index (κ1) is 20.8. The highest BCUT2D eigenvalue weighted by molar-refractivity contribution is 5.79. The van der Waals surface area contributed by atoms with E-state index >= 15 is 0 Å². The van der Waals surface area contributed by atoms with E-state index in [2.05, 4.69) is 15.5 Å². The summed E-state index contributed by atoms with van der Waals surface area (Å²) in [5, 5.41) is 6.68. The lowest BCUT2D eigenvalue weighted by Gasteiger charge is -2.57. The molecule has 6 aliphatic rings. The van der Waals surface area contributed by atoms with Crippen LogP contribution in [0.4, 0.5) is 0 Å². The second kappa shape index (κ2) is 7.50. The molecule has 0 radical (unpaired) electrons. The van der Waals surface area contributed by atoms with Crippen molar-refractivity contribution in [1.82, 2.24) is 15.5 Å². The summed E-state index contributed by atoms with van der Waals surface area (Å²) in [6.07, 6.45) is 13.2. The van der Waals surface area contributed by atoms with E-state index in [1.54, 1.807) is 0 Å². The maximum absolute atomic E-state index is 13.1. The molecule has 2 heterocycles. The molecule has 1 unspecified atom stereocenters. The van der Waals surface area contributed by atoms with Crippen LogP contribution in [0.2, 0.25) is 0 Å². The molecule has 3 atom stereocenters. The second-order valence-electron chi connectivity index (χ2n) is 12.6. The fourth-order valence-electron chi connectivity index (χ4n) is 8.31. The van der Waals surface area contributed by atoms with Crippen molar-refractivity contribution >= 4 is 11.8 Å². The molecule has 2 saturated heterocycles. The van der Waals surface area contributed by atoms with Crippen molar-refractivity contribution in [1.29, 1.82) is 0 Å². The molecule has 4 saturated carbocycles. The second-order valence-corrected chi connectivity index (χ2v) is 12.6. The van der Waals surface area contributed by atoms with Gasteiger partial charge in [0.15, 0.2) is 0 Å². The highest BCUT2D eigenvalue weighted by Gasteiger charge is 2.51. The SMILES string of the molecule is CC(C)(C)NC(=O)CN1[C@@H]2CC[C@H]1CC(CC(=O)NC13CC4CC(CC(C4)C1)C3)C2. The molecular formula is C25H41N3O2. The van der Waals surface area contributed by atoms with Gasteiger partial charge in [0.25, 0.3) is 0 Å². The molecule has 0 aromatic heterocycles. The van der Waals surface area contributed by atoms with Crippen LogP contribution in [-0.4, -0.2) is 46.4 Å². The predicted molar refractivity (Wildman–Crippen MR) is 118 cm³/mol. The number of hydrogen-bond acceptors (Lipinski definition) is 3. The van der Waals surface area contributed by atoms with Crippen LogP contribution in [0, 0.1) is 23.7 Å². The lowest BCUT2D eigenvalue weighted by molar-refractivity contribution is -0.129. The van der Waals surface area contributed by atoms with Gasteiger partial charge in [0.2, 0.25) is 11.8 Å². The molecule has 4 aliphatic carbocycles. The number of fused-ring (bicyclic) bond motifs is 2. The van der Waals surface area contributed by atoms with E-state index in [-0.39, 0.29) is 17.0 Å². The lowest BCUT2D eigenvalue weighted by Crippen LogP contribution is -2.60. The van der Waals surface area contributed by atoms with Crippen molar-refractivity contribution in [2.75, 3.05) is 6.54 Å². The molecule has 5 nitrogen and oxygen atoms in total. The third-order valence-corrected chi connectivity index (χ3v) is 8.74. The first-order valence-corrected chi connectivity index (χ1v) is 12.5. The van der Waals surface area contributed by atoms with Crippen LogP contribution in [-0.2, 0) is 9.59 Å². The van der Waals surface area contributed by atoms with Crippen LogP contribution >= 0.6 is 0 Å². The average molecular weight is 416 g/mol. The summed E-state index contributed by atoms with van der Waals surface area (Å²) in [7, 11) is 0. The van der Waals surface area contributed by atoms with Gasteiger partial charge < -0.3 is 10.6 Å². The zero-order valence-electron chi connectivity index (χ0n) is 19.2. The highest BCUT2D eigenvalue weighted by Crippen LogP contribution is 2.55. The van der Waals surface area contributed by atoms with Crippen molar-refractivity contribution < 1.29 is 9.59 Å². The normalized spacial score (nSPS) is 42.4. The summed E-state index contributed by atoms with van der Waals surface area (Å²) in [5.41, 5.74) is -0.0413. The highest BCUT2D eigenvalue weighted by atomic mass is 16.2. The van der Waals surface area contributed by atoms with Gasteiger partial charge >= 0.3 is 0 Å². The molecule has 6 rings (SSSR count). The van der Waals surface area contributed by atoms with Crippen LogP contribution < -0.4 is 10.6 Å². The average Bonchev–Trinajstić information content (AvgIpc) is 2.81. The smallest absolute Gasteiger partial charge is 0.234 e. The Morgan fingerprint density at radius 3 is 1.90 bits per heavy atom. The molecule has 2 amide bonds. The minimum Gasteiger partial charge on any atom is -0.351 e. The standard InChI is InChI=1S/C25H41N3O2/c1-24(2,3)26-23(30)15-28-20-4-5-21(28)10-16(9-20)11-22(29)27-25-12-17-6-18(13-25)8-19(7-17)14-25/h16-21H,4-15H2,1-3H3,(H,26,30)(H,27,29)/t16?,17?,18?,19?,20-,21+,25?. The number of nitrogens with one attached hydrogen (secondary N) is 2. The molecule has 2 aliphatic heterocycles. The zero-order valence-corrected chi connectivity index (χ0v) is 19.2. The fourth-order valence-corrected chi connectivity index (χ4v) is 8.31. The Kier molecular flexibility index (Phi) is 5.19. The Labute approximate surface area is 182 Å². The largest absolute Gasteiger partial charge is 0.351 e. The third kappa shape index (κ3) is 4.28. The minimum atomic E-state index is -0.177. The van der Waals surface area contributed by atoms with Crippen molar-refractivity contribution in [3.05, 3.63) is 0 Å². The first-order valence-electron chi connectivity index (χ1n) is 12.5. The van der Waals surface area contributed by atoms with E-state index in [1.165, 1.54) is 51.4 Å². The maximum atomic E-state index is 13.1. The van der Waals surface area contributed by atoms with Crippen molar-refractivity contribution in [3.63, 3.8) is 0 Å². The van der Waals surface area contributed by atoms with Crippen LogP contribution in [0.5, 0.6) is 0 Å². The fraction of sp³-hybridized carbons (Fsp3) is 0.920. The summed E-state index contributed by atoms with van der Waals surface area (Å²) in [6.45, 7) is 6.62. The molecular weight excluding hydrogens is 374 g/mol. The molecule has 6 fully saturated rings. The Bertz CT molecular complexity index is 648. The van der Waals surface area contributed by atoms with E-state index in [0.717, 1.165) is 30.6 Å². The van der Waals surface area contributed by atoms with Gasteiger partial charge in [0.1, 0.15) is 0 Å².